The number of nitrogens with zero attached hydrogens (tertiary/aromatic N) is 1. The largest absolute Gasteiger partial charge is 0.464 e. The van der Waals surface area contributed by atoms with E-state index in [-0.39, 0.29) is 12.5 Å². The maximum atomic E-state index is 11.9. The Bertz CT molecular complexity index is 374. The van der Waals surface area contributed by atoms with E-state index in [2.05, 4.69) is 6.92 Å². The van der Waals surface area contributed by atoms with Crippen LogP contribution < -0.4 is 0 Å². The van der Waals surface area contributed by atoms with E-state index in [9.17, 15) is 9.59 Å². The van der Waals surface area contributed by atoms with E-state index in [0.29, 0.717) is 19.8 Å². The molecule has 0 unspecified atom stereocenters. The first-order valence-electron chi connectivity index (χ1n) is 11.7. The molecule has 0 rings (SSSR count). The van der Waals surface area contributed by atoms with E-state index in [1.165, 1.54) is 69.1 Å². The quantitative estimate of drug-likeness (QED) is 0.184. The molecule has 0 aromatic rings. The molecule has 0 aliphatic heterocycles. The van der Waals surface area contributed by atoms with Crippen LogP contribution in [0.15, 0.2) is 0 Å². The first-order valence-corrected chi connectivity index (χ1v) is 11.7. The molecule has 0 aliphatic carbocycles. The van der Waals surface area contributed by atoms with Gasteiger partial charge in [-0.1, -0.05) is 90.9 Å². The molecule has 0 saturated heterocycles. The normalized spacial score (nSPS) is 10.7. The van der Waals surface area contributed by atoms with Crippen molar-refractivity contribution in [2.45, 2.75) is 111 Å². The Hall–Kier alpha value is -1.26. The Morgan fingerprint density at radius 2 is 1.07 bits per heavy atom. The molecular formula is C23H45NO4. The van der Waals surface area contributed by atoms with Crippen LogP contribution in [-0.4, -0.2) is 43.3 Å². The average molecular weight is 400 g/mol. The van der Waals surface area contributed by atoms with Crippen LogP contribution in [-0.2, 0) is 14.3 Å². The predicted molar refractivity (Wildman–Crippen MR) is 116 cm³/mol. The maximum absolute atomic E-state index is 11.9. The fourth-order valence-electron chi connectivity index (χ4n) is 3.03. The van der Waals surface area contributed by atoms with Gasteiger partial charge >= 0.3 is 12.1 Å². The maximum Gasteiger partial charge on any atom is 0.410 e. The van der Waals surface area contributed by atoms with Gasteiger partial charge in [-0.25, -0.2) is 4.79 Å². The highest BCUT2D eigenvalue weighted by molar-refractivity contribution is 5.78. The first kappa shape index (κ1) is 26.7. The third kappa shape index (κ3) is 16.9. The van der Waals surface area contributed by atoms with Gasteiger partial charge < -0.3 is 9.47 Å². The molecule has 0 N–H and O–H groups in total. The van der Waals surface area contributed by atoms with Gasteiger partial charge in [-0.3, -0.25) is 9.69 Å². The lowest BCUT2D eigenvalue weighted by atomic mass is 10.1. The zero-order valence-electron chi connectivity index (χ0n) is 18.8. The van der Waals surface area contributed by atoms with Crippen molar-refractivity contribution < 1.29 is 19.1 Å². The zero-order chi connectivity index (χ0) is 20.9. The van der Waals surface area contributed by atoms with Crippen molar-refractivity contribution in [3.63, 3.8) is 0 Å². The molecule has 5 heteroatoms. The van der Waals surface area contributed by atoms with Gasteiger partial charge in [0.1, 0.15) is 6.54 Å². The molecule has 0 bridgehead atoms. The number of unbranched alkanes of at least 4 members (excludes halogenated alkanes) is 12. The molecule has 0 fully saturated rings. The number of hydrogen-bond acceptors (Lipinski definition) is 4. The summed E-state index contributed by atoms with van der Waals surface area (Å²) >= 11 is 0. The van der Waals surface area contributed by atoms with Crippen molar-refractivity contribution in [1.29, 1.82) is 0 Å². The zero-order valence-corrected chi connectivity index (χ0v) is 18.8. The molecule has 0 saturated carbocycles. The Labute approximate surface area is 173 Å². The summed E-state index contributed by atoms with van der Waals surface area (Å²) in [6, 6.07) is 0. The number of carbonyl (C=O) groups excluding carboxylic acids is 2. The standard InChI is InChI=1S/C23H45NO4/c1-4-7-9-10-11-12-13-14-15-16-17-18-20-27-22(25)21-24(6-3)23(26)28-19-8-5-2/h4-21H2,1-3H3. The van der Waals surface area contributed by atoms with Crippen LogP contribution in [0.25, 0.3) is 0 Å². The fourth-order valence-corrected chi connectivity index (χ4v) is 3.03. The van der Waals surface area contributed by atoms with E-state index < -0.39 is 6.09 Å². The summed E-state index contributed by atoms with van der Waals surface area (Å²) in [6.45, 7) is 7.39. The topological polar surface area (TPSA) is 55.8 Å². The number of amides is 1. The van der Waals surface area contributed by atoms with Gasteiger partial charge in [0.25, 0.3) is 0 Å². The van der Waals surface area contributed by atoms with Crippen molar-refractivity contribution in [1.82, 2.24) is 4.90 Å². The Kier molecular flexibility index (Phi) is 19.6. The highest BCUT2D eigenvalue weighted by Crippen LogP contribution is 2.12. The smallest absolute Gasteiger partial charge is 0.410 e. The van der Waals surface area contributed by atoms with Gasteiger partial charge in [-0.05, 0) is 19.8 Å². The van der Waals surface area contributed by atoms with Crippen LogP contribution in [0, 0.1) is 0 Å². The summed E-state index contributed by atoms with van der Waals surface area (Å²) in [7, 11) is 0. The summed E-state index contributed by atoms with van der Waals surface area (Å²) < 4.78 is 10.4. The second kappa shape index (κ2) is 20.5. The second-order valence-corrected chi connectivity index (χ2v) is 7.59. The van der Waals surface area contributed by atoms with Crippen LogP contribution >= 0.6 is 0 Å². The molecule has 0 radical (unpaired) electrons. The Balaban J connectivity index is 3.52. The monoisotopic (exact) mass is 399 g/mol. The van der Waals surface area contributed by atoms with E-state index in [1.807, 2.05) is 13.8 Å². The van der Waals surface area contributed by atoms with Crippen molar-refractivity contribution >= 4 is 12.1 Å². The minimum Gasteiger partial charge on any atom is -0.464 e. The highest BCUT2D eigenvalue weighted by Gasteiger charge is 2.17. The summed E-state index contributed by atoms with van der Waals surface area (Å²) in [5.74, 6) is -0.350. The van der Waals surface area contributed by atoms with E-state index in [0.717, 1.165) is 25.7 Å². The summed E-state index contributed by atoms with van der Waals surface area (Å²) in [5.41, 5.74) is 0. The third-order valence-corrected chi connectivity index (χ3v) is 4.94. The number of ether oxygens (including phenoxy) is 2. The molecule has 0 aromatic carbocycles. The molecule has 1 amide bonds. The van der Waals surface area contributed by atoms with Gasteiger partial charge in [0, 0.05) is 6.54 Å². The predicted octanol–water partition coefficient (Wildman–Crippen LogP) is 6.49. The van der Waals surface area contributed by atoms with E-state index in [1.54, 1.807) is 0 Å². The van der Waals surface area contributed by atoms with Gasteiger partial charge in [0.05, 0.1) is 13.2 Å². The average Bonchev–Trinajstić information content (AvgIpc) is 2.69. The summed E-state index contributed by atoms with van der Waals surface area (Å²) in [4.78, 5) is 25.1. The van der Waals surface area contributed by atoms with Crippen LogP contribution in [0.5, 0.6) is 0 Å². The first-order chi connectivity index (χ1) is 13.7. The van der Waals surface area contributed by atoms with E-state index in [4.69, 9.17) is 9.47 Å². The molecular weight excluding hydrogens is 354 g/mol. The van der Waals surface area contributed by atoms with Crippen molar-refractivity contribution in [3.05, 3.63) is 0 Å². The Morgan fingerprint density at radius 3 is 1.57 bits per heavy atom. The lowest BCUT2D eigenvalue weighted by molar-refractivity contribution is -0.144. The molecule has 0 aliphatic rings. The molecule has 166 valence electrons. The van der Waals surface area contributed by atoms with Crippen molar-refractivity contribution in [2.24, 2.45) is 0 Å². The number of carbonyl (C=O) groups is 2. The molecule has 0 aromatic heterocycles. The Morgan fingerprint density at radius 1 is 0.607 bits per heavy atom. The van der Waals surface area contributed by atoms with Gasteiger partial charge in [-0.15, -0.1) is 0 Å². The van der Waals surface area contributed by atoms with E-state index >= 15 is 0 Å². The highest BCUT2D eigenvalue weighted by atomic mass is 16.6. The number of rotatable bonds is 19. The van der Waals surface area contributed by atoms with Crippen molar-refractivity contribution in [3.8, 4) is 0 Å². The van der Waals surface area contributed by atoms with Crippen LogP contribution in [0.1, 0.15) is 111 Å². The molecule has 28 heavy (non-hydrogen) atoms. The third-order valence-electron chi connectivity index (χ3n) is 4.94. The second-order valence-electron chi connectivity index (χ2n) is 7.59. The molecule has 5 nitrogen and oxygen atoms in total. The fraction of sp³-hybridized carbons (Fsp3) is 0.913. The SMILES string of the molecule is CCCCCCCCCCCCCCOC(=O)CN(CC)C(=O)OCCCC. The van der Waals surface area contributed by atoms with Gasteiger partial charge in [-0.2, -0.15) is 0 Å². The van der Waals surface area contributed by atoms with Crippen LogP contribution in [0.2, 0.25) is 0 Å². The molecule has 0 heterocycles. The van der Waals surface area contributed by atoms with Gasteiger partial charge in [0.15, 0.2) is 0 Å². The summed E-state index contributed by atoms with van der Waals surface area (Å²) in [6.07, 6.45) is 16.8. The molecule has 0 atom stereocenters. The minimum absolute atomic E-state index is 0.0281. The minimum atomic E-state index is -0.432. The number of hydrogen-bond donors (Lipinski definition) is 0. The number of likely N-dealkylation sites (N-methyl/N-ethyl adjacent to an activating group) is 1. The van der Waals surface area contributed by atoms with Crippen LogP contribution in [0.4, 0.5) is 4.79 Å². The lowest BCUT2D eigenvalue weighted by Gasteiger charge is -2.19. The number of esters is 1. The molecule has 0 spiro atoms. The van der Waals surface area contributed by atoms with Gasteiger partial charge in [0.2, 0.25) is 0 Å². The lowest BCUT2D eigenvalue weighted by Crippen LogP contribution is -2.37. The van der Waals surface area contributed by atoms with Crippen molar-refractivity contribution in [2.75, 3.05) is 26.3 Å². The summed E-state index contributed by atoms with van der Waals surface area (Å²) in [5, 5.41) is 0. The van der Waals surface area contributed by atoms with Crippen LogP contribution in [0.3, 0.4) is 0 Å².